The zero-order valence-corrected chi connectivity index (χ0v) is 17.1. The lowest BCUT2D eigenvalue weighted by atomic mass is 9.84. The van der Waals surface area contributed by atoms with Crippen molar-refractivity contribution in [2.75, 3.05) is 43.4 Å². The normalized spacial score (nSPS) is 23.2. The number of anilines is 2. The van der Waals surface area contributed by atoms with Gasteiger partial charge >= 0.3 is 0 Å². The lowest BCUT2D eigenvalue weighted by molar-refractivity contribution is -0.121. The predicted octanol–water partition coefficient (Wildman–Crippen LogP) is 3.02. The molecule has 1 heterocycles. The molecule has 152 valence electrons. The van der Waals surface area contributed by atoms with Crippen molar-refractivity contribution >= 4 is 28.9 Å². The Hall–Kier alpha value is -1.97. The van der Waals surface area contributed by atoms with E-state index in [0.717, 1.165) is 62.2 Å². The molecule has 2 aliphatic rings. The highest BCUT2D eigenvalue weighted by Crippen LogP contribution is 2.30. The number of nitriles is 1. The third-order valence-corrected chi connectivity index (χ3v) is 6.29. The Kier molecular flexibility index (Phi) is 7.41. The molecule has 7 heteroatoms. The van der Waals surface area contributed by atoms with Crippen LogP contribution in [0, 0.1) is 17.2 Å². The molecule has 6 nitrogen and oxygen atoms in total. The van der Waals surface area contributed by atoms with E-state index >= 15 is 0 Å². The number of halogens is 1. The lowest BCUT2D eigenvalue weighted by Gasteiger charge is -2.37. The summed E-state index contributed by atoms with van der Waals surface area (Å²) in [7, 11) is 0. The number of amides is 1. The number of nitrogens with two attached hydrogens (primary N) is 1. The number of piperazine rings is 1. The van der Waals surface area contributed by atoms with Gasteiger partial charge in [-0.3, -0.25) is 9.69 Å². The van der Waals surface area contributed by atoms with Crippen molar-refractivity contribution in [3.8, 4) is 6.07 Å². The van der Waals surface area contributed by atoms with Gasteiger partial charge in [0.1, 0.15) is 6.42 Å². The molecule has 1 aliphatic heterocycles. The van der Waals surface area contributed by atoms with Crippen molar-refractivity contribution in [3.05, 3.63) is 23.2 Å². The molecular formula is C21H30ClN5O. The number of carbonyl (C=O) groups is 1. The number of hydrogen-bond acceptors (Lipinski definition) is 5. The quantitative estimate of drug-likeness (QED) is 0.713. The van der Waals surface area contributed by atoms with Crippen LogP contribution in [-0.2, 0) is 4.79 Å². The summed E-state index contributed by atoms with van der Waals surface area (Å²) < 4.78 is 0. The van der Waals surface area contributed by atoms with Crippen LogP contribution in [0.1, 0.15) is 38.5 Å². The summed E-state index contributed by atoms with van der Waals surface area (Å²) in [5.74, 6) is 0.610. The van der Waals surface area contributed by atoms with Gasteiger partial charge < -0.3 is 16.0 Å². The van der Waals surface area contributed by atoms with Crippen LogP contribution in [0.3, 0.4) is 0 Å². The van der Waals surface area contributed by atoms with Gasteiger partial charge in [-0.1, -0.05) is 11.6 Å². The zero-order valence-electron chi connectivity index (χ0n) is 16.4. The Morgan fingerprint density at radius 1 is 1.21 bits per heavy atom. The molecule has 1 aliphatic carbocycles. The van der Waals surface area contributed by atoms with Gasteiger partial charge in [0.15, 0.2) is 0 Å². The lowest BCUT2D eigenvalue weighted by Crippen LogP contribution is -2.47. The van der Waals surface area contributed by atoms with E-state index in [0.29, 0.717) is 5.69 Å². The highest BCUT2D eigenvalue weighted by molar-refractivity contribution is 6.33. The maximum atomic E-state index is 11.5. The molecule has 0 atom stereocenters. The van der Waals surface area contributed by atoms with E-state index in [9.17, 15) is 4.79 Å². The third kappa shape index (κ3) is 5.76. The highest BCUT2D eigenvalue weighted by atomic mass is 35.5. The number of rotatable bonds is 6. The van der Waals surface area contributed by atoms with E-state index < -0.39 is 0 Å². The van der Waals surface area contributed by atoms with Crippen LogP contribution in [0.4, 0.5) is 11.4 Å². The summed E-state index contributed by atoms with van der Waals surface area (Å²) in [6, 6.07) is 7.91. The molecule has 1 saturated heterocycles. The van der Waals surface area contributed by atoms with Crippen LogP contribution in [0.2, 0.25) is 5.02 Å². The minimum absolute atomic E-state index is 0.0342. The summed E-state index contributed by atoms with van der Waals surface area (Å²) in [5, 5.41) is 12.3. The number of nitrogens with zero attached hydrogens (tertiary/aromatic N) is 3. The SMILES string of the molecule is N#CCC(=O)NC1CCC(CCN2CCN(c3ccc(N)cc3Cl)CC2)CC1. The van der Waals surface area contributed by atoms with E-state index in [1.165, 1.54) is 19.3 Å². The third-order valence-electron chi connectivity index (χ3n) is 5.99. The smallest absolute Gasteiger partial charge is 0.234 e. The van der Waals surface area contributed by atoms with Crippen molar-refractivity contribution in [2.45, 2.75) is 44.6 Å². The molecule has 1 saturated carbocycles. The second kappa shape index (κ2) is 9.99. The standard InChI is InChI=1S/C21H30ClN5O/c22-19-15-17(24)3-6-20(19)27-13-11-26(12-14-27)10-8-16-1-4-18(5-2-16)25-21(28)7-9-23/h3,6,15-16,18H,1-2,4-5,7-8,10-14,24H2,(H,25,28). The minimum Gasteiger partial charge on any atom is -0.399 e. The van der Waals surface area contributed by atoms with Gasteiger partial charge in [-0.05, 0) is 62.8 Å². The fourth-order valence-corrected chi connectivity index (χ4v) is 4.61. The number of nitrogens with one attached hydrogen (secondary N) is 1. The molecule has 28 heavy (non-hydrogen) atoms. The molecule has 0 unspecified atom stereocenters. The maximum Gasteiger partial charge on any atom is 0.234 e. The topological polar surface area (TPSA) is 85.4 Å². The van der Waals surface area contributed by atoms with Gasteiger partial charge in [-0.25, -0.2) is 0 Å². The molecule has 0 spiro atoms. The second-order valence-corrected chi connectivity index (χ2v) is 8.36. The van der Waals surface area contributed by atoms with Crippen molar-refractivity contribution in [3.63, 3.8) is 0 Å². The maximum absolute atomic E-state index is 11.5. The van der Waals surface area contributed by atoms with Crippen LogP contribution in [0.5, 0.6) is 0 Å². The summed E-state index contributed by atoms with van der Waals surface area (Å²) in [6.45, 7) is 5.22. The molecule has 1 aromatic rings. The number of benzene rings is 1. The van der Waals surface area contributed by atoms with E-state index in [1.807, 2.05) is 24.3 Å². The molecular weight excluding hydrogens is 374 g/mol. The molecule has 0 radical (unpaired) electrons. The first-order valence-corrected chi connectivity index (χ1v) is 10.6. The Balaban J connectivity index is 1.35. The molecule has 3 rings (SSSR count). The van der Waals surface area contributed by atoms with Crippen LogP contribution >= 0.6 is 11.6 Å². The van der Waals surface area contributed by atoms with Crippen molar-refractivity contribution in [1.82, 2.24) is 10.2 Å². The van der Waals surface area contributed by atoms with Gasteiger partial charge in [0.2, 0.25) is 5.91 Å². The van der Waals surface area contributed by atoms with Crippen LogP contribution < -0.4 is 16.0 Å². The van der Waals surface area contributed by atoms with E-state index in [4.69, 9.17) is 22.6 Å². The Bertz CT molecular complexity index is 703. The second-order valence-electron chi connectivity index (χ2n) is 7.95. The van der Waals surface area contributed by atoms with Crippen LogP contribution in [0.25, 0.3) is 0 Å². The fourth-order valence-electron chi connectivity index (χ4n) is 4.30. The predicted molar refractivity (Wildman–Crippen MR) is 113 cm³/mol. The molecule has 3 N–H and O–H groups in total. The largest absolute Gasteiger partial charge is 0.399 e. The van der Waals surface area contributed by atoms with Crippen molar-refractivity contribution in [2.24, 2.45) is 5.92 Å². The first kappa shape index (κ1) is 20.8. The van der Waals surface area contributed by atoms with E-state index in [2.05, 4.69) is 15.1 Å². The fraction of sp³-hybridized carbons (Fsp3) is 0.619. The molecule has 2 fully saturated rings. The first-order valence-electron chi connectivity index (χ1n) is 10.2. The summed E-state index contributed by atoms with van der Waals surface area (Å²) in [4.78, 5) is 16.4. The van der Waals surface area contributed by atoms with Gasteiger partial charge in [-0.15, -0.1) is 0 Å². The minimum atomic E-state index is -0.134. The van der Waals surface area contributed by atoms with Crippen molar-refractivity contribution < 1.29 is 4.79 Å². The van der Waals surface area contributed by atoms with Gasteiger partial charge in [0.25, 0.3) is 0 Å². The van der Waals surface area contributed by atoms with Crippen molar-refractivity contribution in [1.29, 1.82) is 5.26 Å². The summed E-state index contributed by atoms with van der Waals surface area (Å²) in [6.07, 6.45) is 5.59. The molecule has 0 aromatic heterocycles. The monoisotopic (exact) mass is 403 g/mol. The first-order chi connectivity index (χ1) is 13.5. The average molecular weight is 404 g/mol. The number of hydrogen-bond donors (Lipinski definition) is 2. The Morgan fingerprint density at radius 2 is 1.93 bits per heavy atom. The zero-order chi connectivity index (χ0) is 19.9. The van der Waals surface area contributed by atoms with E-state index in [-0.39, 0.29) is 18.4 Å². The molecule has 1 amide bonds. The van der Waals surface area contributed by atoms with Crippen LogP contribution in [-0.4, -0.2) is 49.6 Å². The summed E-state index contributed by atoms with van der Waals surface area (Å²) in [5.41, 5.74) is 7.57. The number of carbonyl (C=O) groups excluding carboxylic acids is 1. The van der Waals surface area contributed by atoms with Crippen LogP contribution in [0.15, 0.2) is 18.2 Å². The highest BCUT2D eigenvalue weighted by Gasteiger charge is 2.24. The Morgan fingerprint density at radius 3 is 2.57 bits per heavy atom. The average Bonchev–Trinajstić information content (AvgIpc) is 2.68. The van der Waals surface area contributed by atoms with Gasteiger partial charge in [0.05, 0.1) is 16.8 Å². The molecule has 1 aromatic carbocycles. The van der Waals surface area contributed by atoms with Gasteiger partial charge in [-0.2, -0.15) is 5.26 Å². The molecule has 0 bridgehead atoms. The summed E-state index contributed by atoms with van der Waals surface area (Å²) >= 11 is 6.35. The number of nitrogen functional groups attached to an aromatic ring is 1. The van der Waals surface area contributed by atoms with E-state index in [1.54, 1.807) is 0 Å². The Labute approximate surface area is 172 Å². The van der Waals surface area contributed by atoms with Gasteiger partial charge in [0, 0.05) is 37.9 Å².